The maximum absolute atomic E-state index is 13.6. The van der Waals surface area contributed by atoms with Crippen LogP contribution in [0, 0.1) is 5.82 Å². The molecule has 0 aliphatic carbocycles. The van der Waals surface area contributed by atoms with Gasteiger partial charge in [-0.3, -0.25) is 4.68 Å². The van der Waals surface area contributed by atoms with Crippen LogP contribution in [0.25, 0.3) is 0 Å². The quantitative estimate of drug-likeness (QED) is 0.828. The number of benzene rings is 1. The topological polar surface area (TPSA) is 29.9 Å². The first-order valence-electron chi connectivity index (χ1n) is 4.57. The van der Waals surface area contributed by atoms with Gasteiger partial charge in [-0.15, -0.1) is 0 Å². The fourth-order valence-electron chi connectivity index (χ4n) is 1.35. The maximum atomic E-state index is 13.6. The Morgan fingerprint density at radius 3 is 2.94 bits per heavy atom. The molecule has 1 heterocycles. The minimum atomic E-state index is -0.403. The Balaban J connectivity index is 2.23. The molecule has 84 valence electrons. The highest BCUT2D eigenvalue weighted by Gasteiger charge is 2.07. The van der Waals surface area contributed by atoms with E-state index in [1.165, 1.54) is 6.07 Å². The van der Waals surface area contributed by atoms with Crippen LogP contribution in [0.15, 0.2) is 30.5 Å². The third kappa shape index (κ3) is 2.31. The first-order valence-corrected chi connectivity index (χ1v) is 5.39. The Morgan fingerprint density at radius 2 is 2.25 bits per heavy atom. The normalized spacial score (nSPS) is 10.4. The first kappa shape index (κ1) is 11.3. The number of hydrogen-bond donors (Lipinski definition) is 2. The van der Waals surface area contributed by atoms with E-state index in [1.807, 2.05) is 0 Å². The van der Waals surface area contributed by atoms with Crippen molar-refractivity contribution in [2.45, 2.75) is 6.54 Å². The summed E-state index contributed by atoms with van der Waals surface area (Å²) in [6, 6.07) is 6.65. The largest absolute Gasteiger partial charge is 0.316 e. The highest BCUT2D eigenvalue weighted by atomic mass is 35.5. The third-order valence-corrected chi connectivity index (χ3v) is 2.64. The van der Waals surface area contributed by atoms with E-state index in [0.29, 0.717) is 17.9 Å². The zero-order valence-corrected chi connectivity index (χ0v) is 9.84. The summed E-state index contributed by atoms with van der Waals surface area (Å²) in [5.41, 5.74) is 0.501. The van der Waals surface area contributed by atoms with Crippen LogP contribution in [-0.2, 0) is 6.54 Å². The summed E-state index contributed by atoms with van der Waals surface area (Å²) >= 11 is 9.55. The third-order valence-electron chi connectivity index (χ3n) is 2.12. The van der Waals surface area contributed by atoms with E-state index in [-0.39, 0.29) is 5.02 Å². The number of rotatable bonds is 3. The van der Waals surface area contributed by atoms with Crippen molar-refractivity contribution in [3.05, 3.63) is 46.9 Å². The van der Waals surface area contributed by atoms with Gasteiger partial charge in [0.05, 0.1) is 11.6 Å². The van der Waals surface area contributed by atoms with Gasteiger partial charge in [-0.05, 0) is 6.07 Å². The highest BCUT2D eigenvalue weighted by molar-refractivity contribution is 7.81. The van der Waals surface area contributed by atoms with E-state index in [4.69, 9.17) is 11.6 Å². The second kappa shape index (κ2) is 4.76. The van der Waals surface area contributed by atoms with Crippen LogP contribution in [0.1, 0.15) is 5.56 Å². The van der Waals surface area contributed by atoms with Gasteiger partial charge < -0.3 is 4.72 Å². The molecule has 0 fully saturated rings. The van der Waals surface area contributed by atoms with Crippen molar-refractivity contribution in [2.24, 2.45) is 0 Å². The standard InChI is InChI=1S/C10H9ClFN3S/c11-8-3-1-2-7(10(8)12)6-15-5-4-9(13-15)14-16/h1-5,16H,6H2,(H,13,14). The molecule has 0 spiro atoms. The molecule has 16 heavy (non-hydrogen) atoms. The van der Waals surface area contributed by atoms with Crippen LogP contribution >= 0.6 is 24.4 Å². The Kier molecular flexibility index (Phi) is 3.36. The van der Waals surface area contributed by atoms with Gasteiger partial charge in [0, 0.05) is 17.8 Å². The second-order valence-electron chi connectivity index (χ2n) is 3.22. The molecule has 0 atom stereocenters. The monoisotopic (exact) mass is 257 g/mol. The average Bonchev–Trinajstić information content (AvgIpc) is 2.73. The van der Waals surface area contributed by atoms with Crippen molar-refractivity contribution in [1.82, 2.24) is 9.78 Å². The van der Waals surface area contributed by atoms with Crippen molar-refractivity contribution >= 4 is 30.2 Å². The number of hydrogen-bond acceptors (Lipinski definition) is 3. The van der Waals surface area contributed by atoms with E-state index >= 15 is 0 Å². The molecular formula is C10H9ClFN3S. The van der Waals surface area contributed by atoms with E-state index in [1.54, 1.807) is 29.1 Å². The molecule has 0 saturated carbocycles. The van der Waals surface area contributed by atoms with Gasteiger partial charge in [-0.2, -0.15) is 5.10 Å². The van der Waals surface area contributed by atoms with Gasteiger partial charge in [0.25, 0.3) is 0 Å². The molecule has 0 saturated heterocycles. The molecule has 1 aromatic heterocycles. The molecule has 0 unspecified atom stereocenters. The summed E-state index contributed by atoms with van der Waals surface area (Å²) in [4.78, 5) is 0. The van der Waals surface area contributed by atoms with Gasteiger partial charge >= 0.3 is 0 Å². The van der Waals surface area contributed by atoms with Crippen molar-refractivity contribution in [3.63, 3.8) is 0 Å². The fraction of sp³-hybridized carbons (Fsp3) is 0.100. The van der Waals surface area contributed by atoms with Crippen molar-refractivity contribution in [1.29, 1.82) is 0 Å². The molecule has 0 aliphatic rings. The van der Waals surface area contributed by atoms with Crippen LogP contribution in [0.4, 0.5) is 10.2 Å². The highest BCUT2D eigenvalue weighted by Crippen LogP contribution is 2.18. The Hall–Kier alpha value is -1.20. The first-order chi connectivity index (χ1) is 7.70. The number of aromatic nitrogens is 2. The average molecular weight is 258 g/mol. The Bertz CT molecular complexity index is 501. The van der Waals surface area contributed by atoms with Crippen LogP contribution < -0.4 is 4.72 Å². The van der Waals surface area contributed by atoms with E-state index in [9.17, 15) is 4.39 Å². The fourth-order valence-corrected chi connectivity index (χ4v) is 1.67. The van der Waals surface area contributed by atoms with Gasteiger partial charge in [-0.25, -0.2) is 4.39 Å². The van der Waals surface area contributed by atoms with E-state index < -0.39 is 5.82 Å². The minimum Gasteiger partial charge on any atom is -0.316 e. The zero-order chi connectivity index (χ0) is 11.5. The molecule has 3 nitrogen and oxygen atoms in total. The summed E-state index contributed by atoms with van der Waals surface area (Å²) in [7, 11) is 0. The van der Waals surface area contributed by atoms with Crippen molar-refractivity contribution < 1.29 is 4.39 Å². The molecule has 0 bridgehead atoms. The molecule has 1 aromatic carbocycles. The van der Waals surface area contributed by atoms with Crippen LogP contribution in [0.3, 0.4) is 0 Å². The predicted octanol–water partition coefficient (Wildman–Crippen LogP) is 2.98. The van der Waals surface area contributed by atoms with Crippen LogP contribution in [0.5, 0.6) is 0 Å². The summed E-state index contributed by atoms with van der Waals surface area (Å²) in [6.07, 6.45) is 1.74. The zero-order valence-electron chi connectivity index (χ0n) is 8.19. The van der Waals surface area contributed by atoms with Gasteiger partial charge in [0.15, 0.2) is 5.82 Å². The Morgan fingerprint density at radius 1 is 1.44 bits per heavy atom. The summed E-state index contributed by atoms with van der Waals surface area (Å²) in [6.45, 7) is 0.335. The predicted molar refractivity (Wildman–Crippen MR) is 65.3 cm³/mol. The number of anilines is 1. The lowest BCUT2D eigenvalue weighted by molar-refractivity contribution is 0.586. The van der Waals surface area contributed by atoms with Crippen LogP contribution in [-0.4, -0.2) is 9.78 Å². The van der Waals surface area contributed by atoms with Crippen molar-refractivity contribution in [3.8, 4) is 0 Å². The number of thiol groups is 1. The molecule has 0 amide bonds. The molecule has 1 N–H and O–H groups in total. The van der Waals surface area contributed by atoms with Crippen molar-refractivity contribution in [2.75, 3.05) is 4.72 Å². The van der Waals surface area contributed by atoms with Crippen LogP contribution in [0.2, 0.25) is 5.02 Å². The smallest absolute Gasteiger partial charge is 0.157 e. The van der Waals surface area contributed by atoms with E-state index in [2.05, 4.69) is 22.6 Å². The number of nitrogens with one attached hydrogen (secondary N) is 1. The number of halogens is 2. The molecule has 0 radical (unpaired) electrons. The SMILES string of the molecule is Fc1c(Cl)cccc1Cn1ccc(NS)n1. The maximum Gasteiger partial charge on any atom is 0.157 e. The molecule has 0 aliphatic heterocycles. The lowest BCUT2D eigenvalue weighted by Gasteiger charge is -2.04. The molecule has 2 aromatic rings. The lowest BCUT2D eigenvalue weighted by Crippen LogP contribution is -2.03. The molecule has 6 heteroatoms. The second-order valence-corrected chi connectivity index (χ2v) is 3.85. The van der Waals surface area contributed by atoms with E-state index in [0.717, 1.165) is 0 Å². The Labute approximate surface area is 103 Å². The van der Waals surface area contributed by atoms with Gasteiger partial charge in [0.1, 0.15) is 5.82 Å². The summed E-state index contributed by atoms with van der Waals surface area (Å²) < 4.78 is 17.8. The summed E-state index contributed by atoms with van der Waals surface area (Å²) in [5.74, 6) is 0.214. The summed E-state index contributed by atoms with van der Waals surface area (Å²) in [5, 5.41) is 4.24. The van der Waals surface area contributed by atoms with Gasteiger partial charge in [0.2, 0.25) is 0 Å². The number of nitrogens with zero attached hydrogens (tertiary/aromatic N) is 2. The molecular weight excluding hydrogens is 249 g/mol. The van der Waals surface area contributed by atoms with Gasteiger partial charge in [-0.1, -0.05) is 36.5 Å². The minimum absolute atomic E-state index is 0.122. The molecule has 2 rings (SSSR count). The lowest BCUT2D eigenvalue weighted by atomic mass is 10.2.